The van der Waals surface area contributed by atoms with Crippen LogP contribution >= 0.6 is 24.0 Å². The van der Waals surface area contributed by atoms with Gasteiger partial charge in [-0.1, -0.05) is 37.1 Å². The number of ether oxygens (including phenoxy) is 1. The molecule has 1 aliphatic rings. The van der Waals surface area contributed by atoms with Crippen molar-refractivity contribution in [2.24, 2.45) is 5.73 Å². The number of carbonyl (C=O) groups excluding carboxylic acids is 1. The lowest BCUT2D eigenvalue weighted by atomic mass is 9.74. The maximum absolute atomic E-state index is 12.4. The first-order valence-electron chi connectivity index (χ1n) is 8.31. The molecule has 1 aromatic carbocycles. The van der Waals surface area contributed by atoms with Crippen molar-refractivity contribution < 1.29 is 9.53 Å². The first kappa shape index (κ1) is 21.2. The Morgan fingerprint density at radius 1 is 1.42 bits per heavy atom. The molecule has 2 rings (SSSR count). The van der Waals surface area contributed by atoms with Crippen LogP contribution in [0.4, 0.5) is 0 Å². The van der Waals surface area contributed by atoms with E-state index in [0.29, 0.717) is 31.2 Å². The minimum absolute atomic E-state index is 0. The van der Waals surface area contributed by atoms with Crippen LogP contribution in [-0.4, -0.2) is 31.2 Å². The van der Waals surface area contributed by atoms with Crippen LogP contribution in [0.1, 0.15) is 45.1 Å². The molecule has 1 aromatic rings. The SMILES string of the molecule is CCCC(C)(N)C(=O)NCC1(c2cccc(Cl)c2)CCOCC1.Cl. The molecule has 0 bridgehead atoms. The van der Waals surface area contributed by atoms with Gasteiger partial charge in [-0.05, 0) is 43.9 Å². The Morgan fingerprint density at radius 3 is 2.67 bits per heavy atom. The average molecular weight is 375 g/mol. The molecule has 1 unspecified atom stereocenters. The average Bonchev–Trinajstić information content (AvgIpc) is 2.53. The number of hydrogen-bond donors (Lipinski definition) is 2. The van der Waals surface area contributed by atoms with Crippen LogP contribution in [0.3, 0.4) is 0 Å². The van der Waals surface area contributed by atoms with Crippen LogP contribution in [-0.2, 0) is 14.9 Å². The molecule has 0 aliphatic carbocycles. The zero-order chi connectivity index (χ0) is 16.9. The third-order valence-corrected chi connectivity index (χ3v) is 5.00. The molecule has 1 heterocycles. The van der Waals surface area contributed by atoms with E-state index < -0.39 is 5.54 Å². The van der Waals surface area contributed by atoms with E-state index in [2.05, 4.69) is 11.4 Å². The number of nitrogens with one attached hydrogen (secondary N) is 1. The molecule has 1 atom stereocenters. The van der Waals surface area contributed by atoms with Crippen LogP contribution in [0.25, 0.3) is 0 Å². The summed E-state index contributed by atoms with van der Waals surface area (Å²) in [5.41, 5.74) is 6.33. The first-order valence-corrected chi connectivity index (χ1v) is 8.68. The van der Waals surface area contributed by atoms with E-state index in [0.717, 1.165) is 24.8 Å². The summed E-state index contributed by atoms with van der Waals surface area (Å²) in [5, 5.41) is 3.79. The lowest BCUT2D eigenvalue weighted by Crippen LogP contribution is -2.55. The Kier molecular flexibility index (Phi) is 8.00. The Hall–Kier alpha value is -0.810. The Balaban J connectivity index is 0.00000288. The molecule has 0 saturated carbocycles. The predicted octanol–water partition coefficient (Wildman–Crippen LogP) is 3.44. The molecular formula is C18H28Cl2N2O2. The topological polar surface area (TPSA) is 64.4 Å². The fourth-order valence-corrected chi connectivity index (χ4v) is 3.42. The monoisotopic (exact) mass is 374 g/mol. The van der Waals surface area contributed by atoms with Crippen molar-refractivity contribution in [3.8, 4) is 0 Å². The van der Waals surface area contributed by atoms with Gasteiger partial charge in [0.2, 0.25) is 5.91 Å². The Morgan fingerprint density at radius 2 is 2.08 bits per heavy atom. The molecule has 0 aromatic heterocycles. The van der Waals surface area contributed by atoms with Crippen molar-refractivity contribution in [3.05, 3.63) is 34.9 Å². The Labute approximate surface area is 155 Å². The van der Waals surface area contributed by atoms with Gasteiger partial charge in [0.1, 0.15) is 0 Å². The summed E-state index contributed by atoms with van der Waals surface area (Å²) in [4.78, 5) is 12.4. The van der Waals surface area contributed by atoms with Crippen LogP contribution in [0.2, 0.25) is 5.02 Å². The van der Waals surface area contributed by atoms with Gasteiger partial charge in [0, 0.05) is 30.2 Å². The summed E-state index contributed by atoms with van der Waals surface area (Å²) in [6, 6.07) is 7.90. The second-order valence-corrected chi connectivity index (χ2v) is 7.19. The minimum Gasteiger partial charge on any atom is -0.381 e. The van der Waals surface area contributed by atoms with Gasteiger partial charge in [0.05, 0.1) is 5.54 Å². The summed E-state index contributed by atoms with van der Waals surface area (Å²) in [6.07, 6.45) is 3.28. The number of halogens is 2. The van der Waals surface area contributed by atoms with E-state index in [4.69, 9.17) is 22.1 Å². The highest BCUT2D eigenvalue weighted by molar-refractivity contribution is 6.30. The maximum Gasteiger partial charge on any atom is 0.239 e. The second-order valence-electron chi connectivity index (χ2n) is 6.75. The van der Waals surface area contributed by atoms with Gasteiger partial charge in [-0.25, -0.2) is 0 Å². The van der Waals surface area contributed by atoms with Gasteiger partial charge < -0.3 is 15.8 Å². The zero-order valence-electron chi connectivity index (χ0n) is 14.4. The number of nitrogens with two attached hydrogens (primary N) is 1. The summed E-state index contributed by atoms with van der Waals surface area (Å²) >= 11 is 6.16. The lowest BCUT2D eigenvalue weighted by molar-refractivity contribution is -0.126. The summed E-state index contributed by atoms with van der Waals surface area (Å²) in [5.74, 6) is -0.0905. The first-order chi connectivity index (χ1) is 10.9. The predicted molar refractivity (Wildman–Crippen MR) is 101 cm³/mol. The highest BCUT2D eigenvalue weighted by Gasteiger charge is 2.36. The number of hydrogen-bond acceptors (Lipinski definition) is 3. The third-order valence-electron chi connectivity index (χ3n) is 4.76. The summed E-state index contributed by atoms with van der Waals surface area (Å²) in [7, 11) is 0. The molecule has 1 saturated heterocycles. The van der Waals surface area contributed by atoms with E-state index in [1.165, 1.54) is 0 Å². The van der Waals surface area contributed by atoms with Gasteiger partial charge >= 0.3 is 0 Å². The van der Waals surface area contributed by atoms with E-state index >= 15 is 0 Å². The molecule has 1 aliphatic heterocycles. The van der Waals surface area contributed by atoms with Gasteiger partial charge in [0.25, 0.3) is 0 Å². The lowest BCUT2D eigenvalue weighted by Gasteiger charge is -2.39. The maximum atomic E-state index is 12.4. The molecule has 3 N–H and O–H groups in total. The molecule has 6 heteroatoms. The van der Waals surface area contributed by atoms with Crippen LogP contribution in [0, 0.1) is 0 Å². The molecule has 136 valence electrons. The second kappa shape index (κ2) is 9.04. The van der Waals surface area contributed by atoms with Crippen LogP contribution in [0.5, 0.6) is 0 Å². The molecule has 0 radical (unpaired) electrons. The summed E-state index contributed by atoms with van der Waals surface area (Å²) < 4.78 is 5.52. The van der Waals surface area contributed by atoms with Crippen molar-refractivity contribution in [3.63, 3.8) is 0 Å². The van der Waals surface area contributed by atoms with E-state index in [9.17, 15) is 4.79 Å². The molecule has 24 heavy (non-hydrogen) atoms. The van der Waals surface area contributed by atoms with Crippen molar-refractivity contribution in [1.82, 2.24) is 5.32 Å². The number of amides is 1. The Bertz CT molecular complexity index is 544. The zero-order valence-corrected chi connectivity index (χ0v) is 16.0. The van der Waals surface area contributed by atoms with Crippen molar-refractivity contribution >= 4 is 29.9 Å². The van der Waals surface area contributed by atoms with Gasteiger partial charge in [-0.3, -0.25) is 4.79 Å². The molecule has 1 amide bonds. The van der Waals surface area contributed by atoms with Crippen LogP contribution < -0.4 is 11.1 Å². The molecule has 0 spiro atoms. The fraction of sp³-hybridized carbons (Fsp3) is 0.611. The van der Waals surface area contributed by atoms with E-state index in [1.54, 1.807) is 6.92 Å². The quantitative estimate of drug-likeness (QED) is 0.801. The smallest absolute Gasteiger partial charge is 0.239 e. The van der Waals surface area contributed by atoms with Crippen molar-refractivity contribution in [2.45, 2.75) is 50.5 Å². The van der Waals surface area contributed by atoms with Crippen molar-refractivity contribution in [1.29, 1.82) is 0 Å². The standard InChI is InChI=1S/C18H27ClN2O2.ClH/c1-3-7-17(2,20)16(22)21-13-18(8-10-23-11-9-18)14-5-4-6-15(19)12-14;/h4-6,12H,3,7-11,13,20H2,1-2H3,(H,21,22);1H. The largest absolute Gasteiger partial charge is 0.381 e. The van der Waals surface area contributed by atoms with E-state index in [1.807, 2.05) is 25.1 Å². The number of carbonyl (C=O) groups is 1. The number of rotatable bonds is 6. The normalized spacial score (nSPS) is 19.0. The molecule has 1 fully saturated rings. The van der Waals surface area contributed by atoms with Gasteiger partial charge in [0.15, 0.2) is 0 Å². The third kappa shape index (κ3) is 5.09. The molecular weight excluding hydrogens is 347 g/mol. The van der Waals surface area contributed by atoms with Crippen LogP contribution in [0.15, 0.2) is 24.3 Å². The van der Waals surface area contributed by atoms with Gasteiger partial charge in [-0.2, -0.15) is 0 Å². The number of benzene rings is 1. The molecule has 4 nitrogen and oxygen atoms in total. The highest BCUT2D eigenvalue weighted by atomic mass is 35.5. The minimum atomic E-state index is -0.824. The summed E-state index contributed by atoms with van der Waals surface area (Å²) in [6.45, 7) is 5.77. The van der Waals surface area contributed by atoms with Gasteiger partial charge in [-0.15, -0.1) is 12.4 Å². The highest BCUT2D eigenvalue weighted by Crippen LogP contribution is 2.35. The van der Waals surface area contributed by atoms with E-state index in [-0.39, 0.29) is 23.7 Å². The fourth-order valence-electron chi connectivity index (χ4n) is 3.23. The van der Waals surface area contributed by atoms with Crippen molar-refractivity contribution in [2.75, 3.05) is 19.8 Å².